The molecule has 1 aromatic heterocycles. The number of halogens is 2. The summed E-state index contributed by atoms with van der Waals surface area (Å²) in [5.41, 5.74) is 0.500. The van der Waals surface area contributed by atoms with Crippen LogP contribution in [0.4, 0.5) is 8.78 Å². The molecule has 0 saturated carbocycles. The van der Waals surface area contributed by atoms with Crippen molar-refractivity contribution in [2.24, 2.45) is 0 Å². The van der Waals surface area contributed by atoms with Gasteiger partial charge in [0, 0.05) is 5.57 Å². The minimum absolute atomic E-state index is 0.164. The summed E-state index contributed by atoms with van der Waals surface area (Å²) in [4.78, 5) is 7.47. The van der Waals surface area contributed by atoms with E-state index >= 15 is 0 Å². The monoisotopic (exact) mass is 275 g/mol. The molecule has 0 fully saturated rings. The van der Waals surface area contributed by atoms with Gasteiger partial charge in [-0.3, -0.25) is 0 Å². The Morgan fingerprint density at radius 1 is 1.40 bits per heavy atom. The van der Waals surface area contributed by atoms with Gasteiger partial charge in [-0.25, -0.2) is 9.37 Å². The summed E-state index contributed by atoms with van der Waals surface area (Å²) < 4.78 is 32.4. The van der Waals surface area contributed by atoms with Crippen molar-refractivity contribution in [3.05, 3.63) is 53.0 Å². The SMILES string of the molecule is Cc1ncc(F)c(OCC2=CCC=C(C#N)C=C2F)n1. The summed E-state index contributed by atoms with van der Waals surface area (Å²) in [5, 5.41) is 8.74. The topological polar surface area (TPSA) is 58.8 Å². The summed E-state index contributed by atoms with van der Waals surface area (Å²) in [6, 6.07) is 1.88. The highest BCUT2D eigenvalue weighted by Crippen LogP contribution is 2.21. The van der Waals surface area contributed by atoms with Crippen molar-refractivity contribution in [2.75, 3.05) is 6.61 Å². The Bertz CT molecular complexity index is 657. The summed E-state index contributed by atoms with van der Waals surface area (Å²) >= 11 is 0. The molecule has 102 valence electrons. The van der Waals surface area contributed by atoms with Crippen LogP contribution in [0.2, 0.25) is 0 Å². The predicted octanol–water partition coefficient (Wildman–Crippen LogP) is 2.94. The molecule has 1 aliphatic rings. The third kappa shape index (κ3) is 3.26. The number of nitrogens with zero attached hydrogens (tertiary/aromatic N) is 3. The molecule has 0 amide bonds. The fraction of sp³-hybridized carbons (Fsp3) is 0.214. The Hall–Kier alpha value is -2.55. The summed E-state index contributed by atoms with van der Waals surface area (Å²) in [7, 11) is 0. The maximum Gasteiger partial charge on any atom is 0.254 e. The van der Waals surface area contributed by atoms with Gasteiger partial charge in [-0.05, 0) is 19.4 Å². The van der Waals surface area contributed by atoms with E-state index < -0.39 is 11.6 Å². The predicted molar refractivity (Wildman–Crippen MR) is 67.8 cm³/mol. The zero-order valence-electron chi connectivity index (χ0n) is 10.7. The summed E-state index contributed by atoms with van der Waals surface area (Å²) in [6.45, 7) is 1.43. The third-order valence-electron chi connectivity index (χ3n) is 2.62. The highest BCUT2D eigenvalue weighted by molar-refractivity contribution is 5.43. The maximum absolute atomic E-state index is 13.8. The van der Waals surface area contributed by atoms with Gasteiger partial charge in [0.1, 0.15) is 18.3 Å². The number of nitriles is 1. The number of aromatic nitrogens is 2. The number of allylic oxidation sites excluding steroid dienone is 4. The van der Waals surface area contributed by atoms with Crippen LogP contribution in [0.15, 0.2) is 41.4 Å². The molecule has 0 spiro atoms. The van der Waals surface area contributed by atoms with Gasteiger partial charge in [-0.2, -0.15) is 14.6 Å². The van der Waals surface area contributed by atoms with Gasteiger partial charge in [0.25, 0.3) is 5.88 Å². The van der Waals surface area contributed by atoms with Crippen LogP contribution in [0.5, 0.6) is 5.88 Å². The maximum atomic E-state index is 13.8. The van der Waals surface area contributed by atoms with E-state index in [1.807, 2.05) is 6.07 Å². The molecule has 0 N–H and O–H groups in total. The second kappa shape index (κ2) is 6.06. The number of ether oxygens (including phenoxy) is 1. The lowest BCUT2D eigenvalue weighted by Crippen LogP contribution is -2.06. The smallest absolute Gasteiger partial charge is 0.254 e. The van der Waals surface area contributed by atoms with Crippen LogP contribution in [-0.2, 0) is 0 Å². The molecule has 20 heavy (non-hydrogen) atoms. The zero-order valence-corrected chi connectivity index (χ0v) is 10.7. The van der Waals surface area contributed by atoms with E-state index in [1.165, 1.54) is 0 Å². The fourth-order valence-corrected chi connectivity index (χ4v) is 1.60. The largest absolute Gasteiger partial charge is 0.471 e. The van der Waals surface area contributed by atoms with Gasteiger partial charge < -0.3 is 4.74 Å². The Balaban J connectivity index is 2.10. The van der Waals surface area contributed by atoms with Crippen molar-refractivity contribution < 1.29 is 13.5 Å². The van der Waals surface area contributed by atoms with Crippen LogP contribution in [0.25, 0.3) is 0 Å². The van der Waals surface area contributed by atoms with E-state index in [4.69, 9.17) is 10.00 Å². The van der Waals surface area contributed by atoms with E-state index in [0.29, 0.717) is 12.2 Å². The van der Waals surface area contributed by atoms with E-state index in [9.17, 15) is 8.78 Å². The normalized spacial score (nSPS) is 14.6. The van der Waals surface area contributed by atoms with E-state index in [0.717, 1.165) is 12.3 Å². The number of hydrogen-bond donors (Lipinski definition) is 0. The zero-order chi connectivity index (χ0) is 14.5. The molecule has 0 aliphatic heterocycles. The molecule has 4 nitrogen and oxygen atoms in total. The summed E-state index contributed by atoms with van der Waals surface area (Å²) in [6.07, 6.45) is 5.73. The molecule has 6 heteroatoms. The van der Waals surface area contributed by atoms with Crippen LogP contribution in [0, 0.1) is 24.1 Å². The van der Waals surface area contributed by atoms with Crippen LogP contribution in [0.3, 0.4) is 0 Å². The molecule has 1 aliphatic carbocycles. The third-order valence-corrected chi connectivity index (χ3v) is 2.62. The Kier molecular flexibility index (Phi) is 4.20. The highest BCUT2D eigenvalue weighted by Gasteiger charge is 2.12. The van der Waals surface area contributed by atoms with Gasteiger partial charge in [-0.1, -0.05) is 12.2 Å². The minimum Gasteiger partial charge on any atom is -0.471 e. The van der Waals surface area contributed by atoms with Crippen molar-refractivity contribution in [3.8, 4) is 11.9 Å². The Morgan fingerprint density at radius 2 is 2.20 bits per heavy atom. The molecular formula is C14H11F2N3O. The van der Waals surface area contributed by atoms with Gasteiger partial charge in [0.05, 0.1) is 17.8 Å². The Morgan fingerprint density at radius 3 is 2.95 bits per heavy atom. The van der Waals surface area contributed by atoms with Crippen molar-refractivity contribution in [3.63, 3.8) is 0 Å². The van der Waals surface area contributed by atoms with Gasteiger partial charge in [0.15, 0.2) is 0 Å². The first-order valence-corrected chi connectivity index (χ1v) is 5.89. The molecule has 0 unspecified atom stereocenters. The average Bonchev–Trinajstić information content (AvgIpc) is 2.61. The van der Waals surface area contributed by atoms with Crippen LogP contribution < -0.4 is 4.74 Å². The molecule has 0 aromatic carbocycles. The molecule has 1 heterocycles. The minimum atomic E-state index is -0.704. The highest BCUT2D eigenvalue weighted by atomic mass is 19.1. The van der Waals surface area contributed by atoms with Crippen LogP contribution >= 0.6 is 0 Å². The molecule has 0 saturated heterocycles. The molecule has 0 radical (unpaired) electrons. The second-order valence-electron chi connectivity index (χ2n) is 4.09. The van der Waals surface area contributed by atoms with Crippen LogP contribution in [-0.4, -0.2) is 16.6 Å². The first-order chi connectivity index (χ1) is 9.60. The average molecular weight is 275 g/mol. The van der Waals surface area contributed by atoms with Crippen LogP contribution in [0.1, 0.15) is 12.2 Å². The molecule has 1 aromatic rings. The van der Waals surface area contributed by atoms with Gasteiger partial charge >= 0.3 is 0 Å². The van der Waals surface area contributed by atoms with Gasteiger partial charge in [0.2, 0.25) is 5.82 Å². The van der Waals surface area contributed by atoms with Crippen molar-refractivity contribution >= 4 is 0 Å². The Labute approximate surface area is 114 Å². The lowest BCUT2D eigenvalue weighted by molar-refractivity contribution is 0.312. The molecule has 0 bridgehead atoms. The molecule has 0 atom stereocenters. The quantitative estimate of drug-likeness (QED) is 0.851. The standard InChI is InChI=1S/C14H11F2N3O/c1-9-18-7-13(16)14(19-9)20-8-11-4-2-3-10(6-17)5-12(11)15/h3-5,7H,2,8H2,1H3. The first-order valence-electron chi connectivity index (χ1n) is 5.89. The molecular weight excluding hydrogens is 264 g/mol. The number of hydrogen-bond acceptors (Lipinski definition) is 4. The first kappa shape index (κ1) is 13.9. The number of rotatable bonds is 3. The van der Waals surface area contributed by atoms with Crippen molar-refractivity contribution in [1.29, 1.82) is 5.26 Å². The fourth-order valence-electron chi connectivity index (χ4n) is 1.60. The van der Waals surface area contributed by atoms with Crippen molar-refractivity contribution in [1.82, 2.24) is 9.97 Å². The van der Waals surface area contributed by atoms with E-state index in [-0.39, 0.29) is 23.6 Å². The molecule has 2 rings (SSSR count). The number of aryl methyl sites for hydroxylation is 1. The summed E-state index contributed by atoms with van der Waals surface area (Å²) in [5.74, 6) is -1.13. The second-order valence-corrected chi connectivity index (χ2v) is 4.09. The van der Waals surface area contributed by atoms with Crippen molar-refractivity contribution in [2.45, 2.75) is 13.3 Å². The lowest BCUT2D eigenvalue weighted by atomic mass is 10.2. The lowest BCUT2D eigenvalue weighted by Gasteiger charge is -2.08. The van der Waals surface area contributed by atoms with Gasteiger partial charge in [-0.15, -0.1) is 0 Å². The van der Waals surface area contributed by atoms with E-state index in [1.54, 1.807) is 19.1 Å². The van der Waals surface area contributed by atoms with E-state index in [2.05, 4.69) is 9.97 Å².